The van der Waals surface area contributed by atoms with Crippen molar-refractivity contribution in [3.05, 3.63) is 71.0 Å². The summed E-state index contributed by atoms with van der Waals surface area (Å²) >= 11 is 12.2. The van der Waals surface area contributed by atoms with Crippen LogP contribution < -0.4 is 19.5 Å². The summed E-state index contributed by atoms with van der Waals surface area (Å²) in [6, 6.07) is 15.5. The number of nitrogens with zero attached hydrogens (tertiary/aromatic N) is 2. The van der Waals surface area contributed by atoms with E-state index < -0.39 is 0 Å². The smallest absolute Gasteiger partial charge is 0.203 e. The predicted octanol–water partition coefficient (Wildman–Crippen LogP) is 4.97. The summed E-state index contributed by atoms with van der Waals surface area (Å²) in [6.07, 6.45) is 2.09. The van der Waals surface area contributed by atoms with Crippen molar-refractivity contribution in [2.75, 3.05) is 33.2 Å². The van der Waals surface area contributed by atoms with E-state index in [1.807, 2.05) is 42.5 Å². The highest BCUT2D eigenvalue weighted by Crippen LogP contribution is 2.43. The van der Waals surface area contributed by atoms with Crippen LogP contribution in [0.3, 0.4) is 0 Å². The molecule has 0 bridgehead atoms. The monoisotopic (exact) mass is 457 g/mol. The zero-order chi connectivity index (χ0) is 22.0. The van der Waals surface area contributed by atoms with Crippen LogP contribution in [0.25, 0.3) is 0 Å². The van der Waals surface area contributed by atoms with Crippen LogP contribution in [0, 0.1) is 0 Å². The molecule has 1 N–H and O–H groups in total. The van der Waals surface area contributed by atoms with Gasteiger partial charge in [0, 0.05) is 25.0 Å². The first-order chi connectivity index (χ1) is 15.1. The van der Waals surface area contributed by atoms with Gasteiger partial charge in [-0.05, 0) is 54.2 Å². The third-order valence-electron chi connectivity index (χ3n) is 5.42. The standard InChI is InChI=1S/C23H24ClN3O3S/c1-28-19-13-15(14-20(29-2)22(19)30-3)21-18-9-6-10-26(18)11-12-27(21)23(31)25-17-8-5-4-7-16(17)24/h4-10,13-14,21H,11-12H2,1-3H3,(H,25,31)/t21-/m1/s1. The Balaban J connectivity index is 1.77. The van der Waals surface area contributed by atoms with Gasteiger partial charge in [0.05, 0.1) is 38.1 Å². The maximum atomic E-state index is 6.35. The van der Waals surface area contributed by atoms with Gasteiger partial charge in [0.2, 0.25) is 5.75 Å². The summed E-state index contributed by atoms with van der Waals surface area (Å²) in [4.78, 5) is 2.16. The predicted molar refractivity (Wildman–Crippen MR) is 127 cm³/mol. The van der Waals surface area contributed by atoms with E-state index in [0.717, 1.165) is 30.0 Å². The fraction of sp³-hybridized carbons (Fsp3) is 0.261. The van der Waals surface area contributed by atoms with E-state index in [-0.39, 0.29) is 6.04 Å². The molecule has 0 fully saturated rings. The molecule has 6 nitrogen and oxygen atoms in total. The number of benzene rings is 2. The Hall–Kier alpha value is -2.90. The molecule has 0 saturated heterocycles. The van der Waals surface area contributed by atoms with Gasteiger partial charge in [0.25, 0.3) is 0 Å². The fourth-order valence-corrected chi connectivity index (χ4v) is 4.45. The van der Waals surface area contributed by atoms with Crippen molar-refractivity contribution in [3.63, 3.8) is 0 Å². The highest BCUT2D eigenvalue weighted by Gasteiger charge is 2.32. The van der Waals surface area contributed by atoms with Crippen LogP contribution >= 0.6 is 23.8 Å². The number of rotatable bonds is 5. The van der Waals surface area contributed by atoms with Crippen molar-refractivity contribution in [1.82, 2.24) is 9.47 Å². The van der Waals surface area contributed by atoms with Gasteiger partial charge in [-0.25, -0.2) is 0 Å². The molecule has 2 aromatic carbocycles. The molecule has 1 aliphatic rings. The number of methoxy groups -OCH3 is 3. The summed E-state index contributed by atoms with van der Waals surface area (Å²) in [5, 5.41) is 4.53. The molecular weight excluding hydrogens is 434 g/mol. The first-order valence-corrected chi connectivity index (χ1v) is 10.6. The van der Waals surface area contributed by atoms with E-state index in [2.05, 4.69) is 27.0 Å². The van der Waals surface area contributed by atoms with Crippen LogP contribution in [0.4, 0.5) is 5.69 Å². The van der Waals surface area contributed by atoms with Crippen molar-refractivity contribution in [3.8, 4) is 17.2 Å². The molecule has 1 aromatic heterocycles. The Morgan fingerprint density at radius 1 is 1.00 bits per heavy atom. The molecule has 0 saturated carbocycles. The van der Waals surface area contributed by atoms with Crippen molar-refractivity contribution >= 4 is 34.6 Å². The van der Waals surface area contributed by atoms with Gasteiger partial charge in [-0.15, -0.1) is 0 Å². The number of halogens is 1. The van der Waals surface area contributed by atoms with Crippen LogP contribution in [-0.4, -0.2) is 42.5 Å². The molecule has 1 aliphatic heterocycles. The number of hydrogen-bond acceptors (Lipinski definition) is 4. The first kappa shape index (κ1) is 21.3. The average molecular weight is 458 g/mol. The molecule has 162 valence electrons. The zero-order valence-corrected chi connectivity index (χ0v) is 19.2. The number of aromatic nitrogens is 1. The first-order valence-electron chi connectivity index (χ1n) is 9.84. The van der Waals surface area contributed by atoms with Crippen molar-refractivity contribution in [1.29, 1.82) is 0 Å². The zero-order valence-electron chi connectivity index (χ0n) is 17.6. The number of thiocarbonyl (C=S) groups is 1. The lowest BCUT2D eigenvalue weighted by atomic mass is 9.99. The SMILES string of the molecule is COc1cc([C@@H]2c3cccn3CCN2C(=S)Nc2ccccc2Cl)cc(OC)c1OC. The van der Waals surface area contributed by atoms with Crippen LogP contribution in [-0.2, 0) is 6.54 Å². The molecular formula is C23H24ClN3O3S. The molecule has 0 radical (unpaired) electrons. The maximum absolute atomic E-state index is 6.35. The largest absolute Gasteiger partial charge is 0.493 e. The summed E-state index contributed by atoms with van der Waals surface area (Å²) in [5.74, 6) is 1.76. The minimum atomic E-state index is -0.139. The molecule has 4 rings (SSSR count). The quantitative estimate of drug-likeness (QED) is 0.546. The molecule has 0 aliphatic carbocycles. The second-order valence-electron chi connectivity index (χ2n) is 7.09. The van der Waals surface area contributed by atoms with Crippen molar-refractivity contribution in [2.45, 2.75) is 12.6 Å². The normalized spacial score (nSPS) is 15.2. The lowest BCUT2D eigenvalue weighted by molar-refractivity contribution is 0.288. The Kier molecular flexibility index (Phi) is 6.25. The van der Waals surface area contributed by atoms with Gasteiger partial charge in [0.15, 0.2) is 16.6 Å². The molecule has 0 unspecified atom stereocenters. The fourth-order valence-electron chi connectivity index (χ4n) is 3.96. The molecule has 0 spiro atoms. The number of anilines is 1. The van der Waals surface area contributed by atoms with E-state index in [4.69, 9.17) is 38.0 Å². The maximum Gasteiger partial charge on any atom is 0.203 e. The minimum Gasteiger partial charge on any atom is -0.493 e. The third kappa shape index (κ3) is 4.03. The van der Waals surface area contributed by atoms with E-state index >= 15 is 0 Å². The van der Waals surface area contributed by atoms with Gasteiger partial charge < -0.3 is 29.0 Å². The lowest BCUT2D eigenvalue weighted by Gasteiger charge is -2.39. The van der Waals surface area contributed by atoms with Crippen LogP contribution in [0.1, 0.15) is 17.3 Å². The van der Waals surface area contributed by atoms with E-state index in [9.17, 15) is 0 Å². The number of para-hydroxylation sites is 1. The Labute approximate surface area is 192 Å². The van der Waals surface area contributed by atoms with Crippen LogP contribution in [0.2, 0.25) is 5.02 Å². The van der Waals surface area contributed by atoms with Gasteiger partial charge in [-0.3, -0.25) is 0 Å². The van der Waals surface area contributed by atoms with E-state index in [0.29, 0.717) is 27.4 Å². The molecule has 2 heterocycles. The number of hydrogen-bond donors (Lipinski definition) is 1. The van der Waals surface area contributed by atoms with E-state index in [1.165, 1.54) is 0 Å². The molecule has 3 aromatic rings. The summed E-state index contributed by atoms with van der Waals surface area (Å²) < 4.78 is 18.9. The number of nitrogens with one attached hydrogen (secondary N) is 1. The number of fused-ring (bicyclic) bond motifs is 1. The number of ether oxygens (including phenoxy) is 3. The highest BCUT2D eigenvalue weighted by molar-refractivity contribution is 7.80. The summed E-state index contributed by atoms with van der Waals surface area (Å²) in [7, 11) is 4.83. The molecule has 8 heteroatoms. The van der Waals surface area contributed by atoms with Crippen molar-refractivity contribution < 1.29 is 14.2 Å². The second-order valence-corrected chi connectivity index (χ2v) is 7.88. The Morgan fingerprint density at radius 3 is 2.35 bits per heavy atom. The van der Waals surface area contributed by atoms with Gasteiger partial charge in [-0.1, -0.05) is 23.7 Å². The lowest BCUT2D eigenvalue weighted by Crippen LogP contribution is -2.44. The van der Waals surface area contributed by atoms with Crippen LogP contribution in [0.15, 0.2) is 54.7 Å². The third-order valence-corrected chi connectivity index (χ3v) is 6.08. The second kappa shape index (κ2) is 9.08. The molecule has 0 amide bonds. The summed E-state index contributed by atoms with van der Waals surface area (Å²) in [6.45, 7) is 1.56. The van der Waals surface area contributed by atoms with Gasteiger partial charge >= 0.3 is 0 Å². The summed E-state index contributed by atoms with van der Waals surface area (Å²) in [5.41, 5.74) is 2.89. The van der Waals surface area contributed by atoms with Gasteiger partial charge in [-0.2, -0.15) is 0 Å². The Morgan fingerprint density at radius 2 is 1.71 bits per heavy atom. The van der Waals surface area contributed by atoms with E-state index in [1.54, 1.807) is 21.3 Å². The highest BCUT2D eigenvalue weighted by atomic mass is 35.5. The molecule has 1 atom stereocenters. The van der Waals surface area contributed by atoms with Crippen molar-refractivity contribution in [2.24, 2.45) is 0 Å². The topological polar surface area (TPSA) is 47.9 Å². The minimum absolute atomic E-state index is 0.139. The van der Waals surface area contributed by atoms with Gasteiger partial charge in [0.1, 0.15) is 0 Å². The Bertz CT molecular complexity index is 1080. The molecule has 31 heavy (non-hydrogen) atoms. The average Bonchev–Trinajstić information content (AvgIpc) is 3.27. The van der Waals surface area contributed by atoms with Crippen LogP contribution in [0.5, 0.6) is 17.2 Å².